The van der Waals surface area contributed by atoms with E-state index < -0.39 is 11.5 Å². The average Bonchev–Trinajstić information content (AvgIpc) is 3.52. The summed E-state index contributed by atoms with van der Waals surface area (Å²) in [6, 6.07) is 6.11. The van der Waals surface area contributed by atoms with Gasteiger partial charge in [-0.05, 0) is 81.4 Å². The van der Waals surface area contributed by atoms with Crippen molar-refractivity contribution in [2.45, 2.75) is 110 Å². The van der Waals surface area contributed by atoms with Gasteiger partial charge in [-0.15, -0.1) is 0 Å². The molecule has 0 radical (unpaired) electrons. The van der Waals surface area contributed by atoms with E-state index in [1.807, 2.05) is 17.9 Å². The molecule has 2 aliphatic carbocycles. The first-order valence-corrected chi connectivity index (χ1v) is 14.7. The van der Waals surface area contributed by atoms with Gasteiger partial charge in [0.15, 0.2) is 11.5 Å². The number of carbonyl (C=O) groups is 1. The van der Waals surface area contributed by atoms with E-state index in [1.54, 1.807) is 7.11 Å². The number of ether oxygens (including phenoxy) is 3. The van der Waals surface area contributed by atoms with E-state index in [0.717, 1.165) is 42.7 Å². The summed E-state index contributed by atoms with van der Waals surface area (Å²) < 4.78 is 18.3. The van der Waals surface area contributed by atoms with Crippen molar-refractivity contribution < 1.29 is 24.1 Å². The minimum atomic E-state index is -0.564. The average molecular weight is 516 g/mol. The Kier molecular flexibility index (Phi) is 9.44. The van der Waals surface area contributed by atoms with Crippen LogP contribution in [0.25, 0.3) is 0 Å². The third-order valence-electron chi connectivity index (χ3n) is 9.49. The molecule has 6 atom stereocenters. The number of amides is 1. The summed E-state index contributed by atoms with van der Waals surface area (Å²) >= 11 is 0. The first kappa shape index (κ1) is 28.2. The molecule has 1 aliphatic heterocycles. The van der Waals surface area contributed by atoms with E-state index in [1.165, 1.54) is 32.1 Å². The standard InChI is InChI=1S/C31H49NO5/c1-6-9-23-13-12-21(2)16-28(23)36-19-30(34)32-18-26(31(4,20-32)22(3)33)24-14-15-27(35-5)29(17-24)37-25-10-7-8-11-25/h14-15,17,21-23,25-26,28,33H,6-13,16,18-20H2,1-5H3/t21-,22+,23+,26+,28-,31+/m1/s1. The summed E-state index contributed by atoms with van der Waals surface area (Å²) in [4.78, 5) is 15.3. The molecule has 1 aromatic carbocycles. The molecular formula is C31H49NO5. The molecular weight excluding hydrogens is 466 g/mol. The van der Waals surface area contributed by atoms with Crippen molar-refractivity contribution in [1.29, 1.82) is 0 Å². The zero-order chi connectivity index (χ0) is 26.6. The van der Waals surface area contributed by atoms with Crippen LogP contribution in [0, 0.1) is 17.3 Å². The minimum Gasteiger partial charge on any atom is -0.493 e. The lowest BCUT2D eigenvalue weighted by molar-refractivity contribution is -0.140. The van der Waals surface area contributed by atoms with Crippen molar-refractivity contribution in [2.75, 3.05) is 26.8 Å². The van der Waals surface area contributed by atoms with E-state index in [0.29, 0.717) is 24.9 Å². The van der Waals surface area contributed by atoms with E-state index in [2.05, 4.69) is 32.9 Å². The first-order valence-electron chi connectivity index (χ1n) is 14.7. The molecule has 1 amide bonds. The highest BCUT2D eigenvalue weighted by atomic mass is 16.5. The molecule has 0 bridgehead atoms. The normalized spacial score (nSPS) is 31.5. The molecule has 4 rings (SSSR count). The summed E-state index contributed by atoms with van der Waals surface area (Å²) in [5.41, 5.74) is 0.622. The maximum Gasteiger partial charge on any atom is 0.248 e. The van der Waals surface area contributed by atoms with Crippen molar-refractivity contribution in [3.05, 3.63) is 23.8 Å². The number of nitrogens with zero attached hydrogens (tertiary/aromatic N) is 1. The molecule has 208 valence electrons. The van der Waals surface area contributed by atoms with Gasteiger partial charge >= 0.3 is 0 Å². The van der Waals surface area contributed by atoms with Crippen molar-refractivity contribution in [3.63, 3.8) is 0 Å². The number of aliphatic hydroxyl groups excluding tert-OH is 1. The Morgan fingerprint density at radius 3 is 2.62 bits per heavy atom. The molecule has 6 nitrogen and oxygen atoms in total. The van der Waals surface area contributed by atoms with Crippen LogP contribution in [-0.4, -0.2) is 61.0 Å². The lowest BCUT2D eigenvalue weighted by Gasteiger charge is -2.35. The number of aliphatic hydroxyl groups is 1. The maximum absolute atomic E-state index is 13.4. The van der Waals surface area contributed by atoms with Crippen LogP contribution >= 0.6 is 0 Å². The Balaban J connectivity index is 1.47. The number of hydrogen-bond acceptors (Lipinski definition) is 5. The third kappa shape index (κ3) is 6.44. The zero-order valence-electron chi connectivity index (χ0n) is 23.7. The number of carbonyl (C=O) groups excluding carboxylic acids is 1. The van der Waals surface area contributed by atoms with E-state index >= 15 is 0 Å². The van der Waals surface area contributed by atoms with Crippen LogP contribution < -0.4 is 9.47 Å². The highest BCUT2D eigenvalue weighted by Gasteiger charge is 2.48. The number of methoxy groups -OCH3 is 1. The van der Waals surface area contributed by atoms with Gasteiger partial charge in [0.25, 0.3) is 0 Å². The molecule has 1 N–H and O–H groups in total. The van der Waals surface area contributed by atoms with Gasteiger partial charge in [0.1, 0.15) is 6.61 Å². The number of likely N-dealkylation sites (tertiary alicyclic amines) is 1. The van der Waals surface area contributed by atoms with Crippen LogP contribution in [0.15, 0.2) is 18.2 Å². The first-order chi connectivity index (χ1) is 17.7. The molecule has 6 heteroatoms. The number of benzene rings is 1. The summed E-state index contributed by atoms with van der Waals surface area (Å²) in [7, 11) is 1.67. The van der Waals surface area contributed by atoms with E-state index in [4.69, 9.17) is 14.2 Å². The highest BCUT2D eigenvalue weighted by Crippen LogP contribution is 2.47. The van der Waals surface area contributed by atoms with Crippen LogP contribution in [0.4, 0.5) is 0 Å². The van der Waals surface area contributed by atoms with Crippen LogP contribution in [0.5, 0.6) is 11.5 Å². The third-order valence-corrected chi connectivity index (χ3v) is 9.49. The lowest BCUT2D eigenvalue weighted by Crippen LogP contribution is -2.40. The second kappa shape index (κ2) is 12.4. The second-order valence-electron chi connectivity index (χ2n) is 12.3. The van der Waals surface area contributed by atoms with Gasteiger partial charge in [-0.3, -0.25) is 4.79 Å². The Labute approximate surface area is 224 Å². The largest absolute Gasteiger partial charge is 0.493 e. The fourth-order valence-corrected chi connectivity index (χ4v) is 6.87. The van der Waals surface area contributed by atoms with E-state index in [9.17, 15) is 9.90 Å². The van der Waals surface area contributed by atoms with Gasteiger partial charge < -0.3 is 24.2 Å². The quantitative estimate of drug-likeness (QED) is 0.417. The predicted molar refractivity (Wildman–Crippen MR) is 146 cm³/mol. The molecule has 1 aromatic rings. The van der Waals surface area contributed by atoms with Gasteiger partial charge in [-0.25, -0.2) is 0 Å². The van der Waals surface area contributed by atoms with Crippen molar-refractivity contribution >= 4 is 5.91 Å². The van der Waals surface area contributed by atoms with Crippen molar-refractivity contribution in [2.24, 2.45) is 17.3 Å². The summed E-state index contributed by atoms with van der Waals surface area (Å²) in [6.45, 7) is 9.66. The fraction of sp³-hybridized carbons (Fsp3) is 0.774. The molecule has 3 aliphatic rings. The van der Waals surface area contributed by atoms with Crippen LogP contribution in [-0.2, 0) is 9.53 Å². The van der Waals surface area contributed by atoms with Gasteiger partial charge in [0.2, 0.25) is 5.91 Å². The monoisotopic (exact) mass is 515 g/mol. The van der Waals surface area contributed by atoms with Gasteiger partial charge in [-0.1, -0.05) is 39.7 Å². The van der Waals surface area contributed by atoms with Crippen molar-refractivity contribution in [3.8, 4) is 11.5 Å². The van der Waals surface area contributed by atoms with Gasteiger partial charge in [-0.2, -0.15) is 0 Å². The summed E-state index contributed by atoms with van der Waals surface area (Å²) in [5, 5.41) is 10.9. The molecule has 0 spiro atoms. The summed E-state index contributed by atoms with van der Waals surface area (Å²) in [6.07, 6.45) is 10.2. The van der Waals surface area contributed by atoms with Crippen LogP contribution in [0.1, 0.15) is 97.0 Å². The summed E-state index contributed by atoms with van der Waals surface area (Å²) in [5.74, 6) is 2.73. The maximum atomic E-state index is 13.4. The fourth-order valence-electron chi connectivity index (χ4n) is 6.87. The van der Waals surface area contributed by atoms with E-state index in [-0.39, 0.29) is 30.6 Å². The topological polar surface area (TPSA) is 68.2 Å². The second-order valence-corrected chi connectivity index (χ2v) is 12.3. The SMILES string of the molecule is CCC[C@H]1CC[C@@H](C)C[C@H]1OCC(=O)N1C[C@@H](c2ccc(OC)c(OC3CCCC3)c2)[C@](C)([C@H](C)O)C1. The Bertz CT molecular complexity index is 898. The van der Waals surface area contributed by atoms with Crippen LogP contribution in [0.3, 0.4) is 0 Å². The highest BCUT2D eigenvalue weighted by molar-refractivity contribution is 5.78. The molecule has 37 heavy (non-hydrogen) atoms. The smallest absolute Gasteiger partial charge is 0.248 e. The Hall–Kier alpha value is -1.79. The molecule has 0 unspecified atom stereocenters. The van der Waals surface area contributed by atoms with Crippen LogP contribution in [0.2, 0.25) is 0 Å². The Morgan fingerprint density at radius 2 is 1.95 bits per heavy atom. The predicted octanol–water partition coefficient (Wildman–Crippen LogP) is 5.95. The minimum absolute atomic E-state index is 0.00386. The molecule has 2 saturated carbocycles. The lowest BCUT2D eigenvalue weighted by atomic mass is 9.72. The Morgan fingerprint density at radius 1 is 1.19 bits per heavy atom. The molecule has 1 saturated heterocycles. The molecule has 1 heterocycles. The number of hydrogen-bond donors (Lipinski definition) is 1. The molecule has 3 fully saturated rings. The van der Waals surface area contributed by atoms with Gasteiger partial charge in [0, 0.05) is 24.4 Å². The molecule has 0 aromatic heterocycles. The zero-order valence-corrected chi connectivity index (χ0v) is 23.7. The number of rotatable bonds is 10. The van der Waals surface area contributed by atoms with Crippen molar-refractivity contribution in [1.82, 2.24) is 4.90 Å². The van der Waals surface area contributed by atoms with Gasteiger partial charge in [0.05, 0.1) is 25.4 Å².